The minimum atomic E-state index is 0.505. The maximum absolute atomic E-state index is 8.77. The standard InChI is InChI=1S/C9H8ClNO/c1-6-7(5-11)9(12-2)4-3-8(6)10/h3-4H,1-2H3. The Kier molecular flexibility index (Phi) is 2.57. The number of hydrogen-bond acceptors (Lipinski definition) is 2. The van der Waals surface area contributed by atoms with E-state index in [1.165, 1.54) is 7.11 Å². The van der Waals surface area contributed by atoms with Gasteiger partial charge in [-0.05, 0) is 24.6 Å². The SMILES string of the molecule is COc1ccc(Cl)c(C)c1C#N. The Labute approximate surface area is 76.3 Å². The topological polar surface area (TPSA) is 33.0 Å². The van der Waals surface area contributed by atoms with Crippen LogP contribution < -0.4 is 4.74 Å². The lowest BCUT2D eigenvalue weighted by molar-refractivity contribution is 0.413. The smallest absolute Gasteiger partial charge is 0.136 e. The molecular weight excluding hydrogens is 174 g/mol. The summed E-state index contributed by atoms with van der Waals surface area (Å²) in [5.41, 5.74) is 1.27. The highest BCUT2D eigenvalue weighted by Crippen LogP contribution is 2.26. The molecule has 0 saturated heterocycles. The Balaban J connectivity index is 3.38. The molecule has 1 aromatic rings. The molecule has 0 saturated carbocycles. The summed E-state index contributed by atoms with van der Waals surface area (Å²) < 4.78 is 4.99. The molecule has 0 spiro atoms. The van der Waals surface area contributed by atoms with E-state index in [0.29, 0.717) is 16.3 Å². The third kappa shape index (κ3) is 1.37. The van der Waals surface area contributed by atoms with Gasteiger partial charge in [-0.15, -0.1) is 0 Å². The van der Waals surface area contributed by atoms with Crippen molar-refractivity contribution in [3.05, 3.63) is 28.3 Å². The van der Waals surface area contributed by atoms with E-state index < -0.39 is 0 Å². The van der Waals surface area contributed by atoms with Crippen LogP contribution in [0.15, 0.2) is 12.1 Å². The van der Waals surface area contributed by atoms with Crippen LogP contribution in [0.4, 0.5) is 0 Å². The summed E-state index contributed by atoms with van der Waals surface area (Å²) in [6, 6.07) is 5.45. The van der Waals surface area contributed by atoms with Crippen molar-refractivity contribution < 1.29 is 4.74 Å². The molecule has 0 aromatic heterocycles. The molecule has 0 aliphatic rings. The zero-order valence-corrected chi connectivity index (χ0v) is 7.64. The summed E-state index contributed by atoms with van der Waals surface area (Å²) >= 11 is 5.81. The maximum Gasteiger partial charge on any atom is 0.136 e. The number of hydrogen-bond donors (Lipinski definition) is 0. The summed E-state index contributed by atoms with van der Waals surface area (Å²) in [7, 11) is 1.53. The van der Waals surface area contributed by atoms with Crippen LogP contribution in [0.2, 0.25) is 5.02 Å². The van der Waals surface area contributed by atoms with Gasteiger partial charge in [0.15, 0.2) is 0 Å². The number of methoxy groups -OCH3 is 1. The van der Waals surface area contributed by atoms with E-state index >= 15 is 0 Å². The number of ether oxygens (including phenoxy) is 1. The number of rotatable bonds is 1. The normalized spacial score (nSPS) is 9.17. The van der Waals surface area contributed by atoms with Gasteiger partial charge in [0, 0.05) is 5.02 Å². The monoisotopic (exact) mass is 181 g/mol. The van der Waals surface area contributed by atoms with Crippen LogP contribution >= 0.6 is 11.6 Å². The Morgan fingerprint density at radius 2 is 2.17 bits per heavy atom. The molecule has 1 aromatic carbocycles. The second-order valence-electron chi connectivity index (χ2n) is 2.36. The van der Waals surface area contributed by atoms with Gasteiger partial charge >= 0.3 is 0 Å². The predicted octanol–water partition coefficient (Wildman–Crippen LogP) is 2.53. The van der Waals surface area contributed by atoms with E-state index in [9.17, 15) is 0 Å². The van der Waals surface area contributed by atoms with Crippen molar-refractivity contribution in [1.29, 1.82) is 5.26 Å². The number of nitrogens with zero attached hydrogens (tertiary/aromatic N) is 1. The first-order valence-corrected chi connectivity index (χ1v) is 3.81. The summed E-state index contributed by atoms with van der Waals surface area (Å²) in [5, 5.41) is 9.36. The molecule has 0 aliphatic heterocycles. The molecule has 3 heteroatoms. The lowest BCUT2D eigenvalue weighted by atomic mass is 10.1. The molecule has 0 bridgehead atoms. The molecular formula is C9H8ClNO. The molecule has 0 fully saturated rings. The Morgan fingerprint density at radius 3 is 2.67 bits per heavy atom. The lowest BCUT2D eigenvalue weighted by Gasteiger charge is -2.05. The molecule has 1 rings (SSSR count). The fourth-order valence-electron chi connectivity index (χ4n) is 0.970. The summed E-state index contributed by atoms with van der Waals surface area (Å²) in [6.45, 7) is 1.80. The molecule has 0 atom stereocenters. The highest BCUT2D eigenvalue weighted by Gasteiger charge is 2.07. The largest absolute Gasteiger partial charge is 0.495 e. The van der Waals surface area contributed by atoms with Gasteiger partial charge in [-0.25, -0.2) is 0 Å². The van der Waals surface area contributed by atoms with E-state index in [0.717, 1.165) is 5.56 Å². The van der Waals surface area contributed by atoms with Crippen molar-refractivity contribution in [3.63, 3.8) is 0 Å². The van der Waals surface area contributed by atoms with Crippen LogP contribution in [0, 0.1) is 18.3 Å². The fraction of sp³-hybridized carbons (Fsp3) is 0.222. The zero-order valence-electron chi connectivity index (χ0n) is 6.89. The van der Waals surface area contributed by atoms with Gasteiger partial charge in [0.05, 0.1) is 12.7 Å². The van der Waals surface area contributed by atoms with Crippen LogP contribution in [-0.4, -0.2) is 7.11 Å². The second-order valence-corrected chi connectivity index (χ2v) is 2.77. The lowest BCUT2D eigenvalue weighted by Crippen LogP contribution is -1.91. The highest BCUT2D eigenvalue weighted by atomic mass is 35.5. The van der Waals surface area contributed by atoms with Crippen molar-refractivity contribution in [2.24, 2.45) is 0 Å². The average molecular weight is 182 g/mol. The number of nitriles is 1. The first-order chi connectivity index (χ1) is 5.70. The molecule has 2 nitrogen and oxygen atoms in total. The first-order valence-electron chi connectivity index (χ1n) is 3.44. The third-order valence-corrected chi connectivity index (χ3v) is 2.10. The molecule has 0 N–H and O–H groups in total. The third-order valence-electron chi connectivity index (χ3n) is 1.69. The van der Waals surface area contributed by atoms with Gasteiger partial charge in [0.1, 0.15) is 11.8 Å². The van der Waals surface area contributed by atoms with Gasteiger partial charge in [-0.3, -0.25) is 0 Å². The van der Waals surface area contributed by atoms with Crippen molar-refractivity contribution in [3.8, 4) is 11.8 Å². The molecule has 62 valence electrons. The van der Waals surface area contributed by atoms with E-state index in [2.05, 4.69) is 0 Å². The van der Waals surface area contributed by atoms with Crippen molar-refractivity contribution in [2.75, 3.05) is 7.11 Å². The fourth-order valence-corrected chi connectivity index (χ4v) is 1.13. The molecule has 0 radical (unpaired) electrons. The van der Waals surface area contributed by atoms with Crippen LogP contribution in [0.3, 0.4) is 0 Å². The Hall–Kier alpha value is -1.20. The summed E-state index contributed by atoms with van der Waals surface area (Å²) in [6.07, 6.45) is 0. The zero-order chi connectivity index (χ0) is 9.14. The van der Waals surface area contributed by atoms with Crippen LogP contribution in [0.5, 0.6) is 5.75 Å². The van der Waals surface area contributed by atoms with Gasteiger partial charge in [0.2, 0.25) is 0 Å². The number of benzene rings is 1. The second kappa shape index (κ2) is 3.46. The Bertz CT molecular complexity index is 341. The quantitative estimate of drug-likeness (QED) is 0.667. The van der Waals surface area contributed by atoms with Gasteiger partial charge < -0.3 is 4.74 Å². The van der Waals surface area contributed by atoms with E-state index in [1.807, 2.05) is 6.07 Å². The minimum absolute atomic E-state index is 0.505. The van der Waals surface area contributed by atoms with Crippen LogP contribution in [0.1, 0.15) is 11.1 Å². The van der Waals surface area contributed by atoms with Crippen LogP contribution in [0.25, 0.3) is 0 Å². The molecule has 12 heavy (non-hydrogen) atoms. The van der Waals surface area contributed by atoms with Crippen molar-refractivity contribution in [2.45, 2.75) is 6.92 Å². The van der Waals surface area contributed by atoms with Gasteiger partial charge in [-0.2, -0.15) is 5.26 Å². The van der Waals surface area contributed by atoms with Gasteiger partial charge in [0.25, 0.3) is 0 Å². The summed E-state index contributed by atoms with van der Waals surface area (Å²) in [5.74, 6) is 0.569. The molecule has 0 amide bonds. The average Bonchev–Trinajstić information content (AvgIpc) is 2.09. The van der Waals surface area contributed by atoms with E-state index in [1.54, 1.807) is 19.1 Å². The molecule has 0 heterocycles. The van der Waals surface area contributed by atoms with E-state index in [-0.39, 0.29) is 0 Å². The van der Waals surface area contributed by atoms with Crippen molar-refractivity contribution in [1.82, 2.24) is 0 Å². The molecule has 0 unspecified atom stereocenters. The highest BCUT2D eigenvalue weighted by molar-refractivity contribution is 6.31. The Morgan fingerprint density at radius 1 is 1.50 bits per heavy atom. The number of halogens is 1. The van der Waals surface area contributed by atoms with Crippen molar-refractivity contribution >= 4 is 11.6 Å². The molecule has 0 aliphatic carbocycles. The first kappa shape index (κ1) is 8.89. The van der Waals surface area contributed by atoms with E-state index in [4.69, 9.17) is 21.6 Å². The van der Waals surface area contributed by atoms with Crippen LogP contribution in [-0.2, 0) is 0 Å². The summed E-state index contributed by atoms with van der Waals surface area (Å²) in [4.78, 5) is 0. The minimum Gasteiger partial charge on any atom is -0.495 e. The van der Waals surface area contributed by atoms with Gasteiger partial charge in [-0.1, -0.05) is 11.6 Å². The predicted molar refractivity (Wildman–Crippen MR) is 47.5 cm³/mol. The maximum atomic E-state index is 8.77.